The summed E-state index contributed by atoms with van der Waals surface area (Å²) < 4.78 is 0. The fourth-order valence-corrected chi connectivity index (χ4v) is 1.66. The lowest BCUT2D eigenvalue weighted by atomic mass is 10.4. The van der Waals surface area contributed by atoms with Crippen LogP contribution in [0.2, 0.25) is 0 Å². The number of rotatable bonds is 1. The van der Waals surface area contributed by atoms with Crippen molar-refractivity contribution in [1.82, 2.24) is 4.98 Å². The molecule has 5 heteroatoms. The summed E-state index contributed by atoms with van der Waals surface area (Å²) in [4.78, 5) is 5.05. The lowest BCUT2D eigenvalue weighted by Gasteiger charge is -1.92. The lowest BCUT2D eigenvalue weighted by Crippen LogP contribution is -2.14. The van der Waals surface area contributed by atoms with Crippen LogP contribution < -0.4 is 11.6 Å². The highest BCUT2D eigenvalue weighted by molar-refractivity contribution is 7.13. The molecular formula is C6H10N4S. The summed E-state index contributed by atoms with van der Waals surface area (Å²) in [5.41, 5.74) is 6.39. The molecule has 0 saturated carbocycles. The zero-order valence-electron chi connectivity index (χ0n) is 6.46. The molecule has 1 heterocycles. The predicted octanol–water partition coefficient (Wildman–Crippen LogP) is 0.339. The molecule has 0 fully saturated rings. The normalized spacial score (nSPS) is 12.0. The van der Waals surface area contributed by atoms with Crippen molar-refractivity contribution in [1.29, 1.82) is 0 Å². The van der Waals surface area contributed by atoms with Gasteiger partial charge >= 0.3 is 0 Å². The van der Waals surface area contributed by atoms with Crippen LogP contribution in [0.3, 0.4) is 0 Å². The van der Waals surface area contributed by atoms with Crippen molar-refractivity contribution in [2.75, 3.05) is 0 Å². The number of nitrogens with zero attached hydrogens (tertiary/aromatic N) is 2. The molecule has 11 heavy (non-hydrogen) atoms. The van der Waals surface area contributed by atoms with E-state index in [2.05, 4.69) is 10.1 Å². The third kappa shape index (κ3) is 1.48. The summed E-state index contributed by atoms with van der Waals surface area (Å²) in [5, 5.41) is 4.37. The van der Waals surface area contributed by atoms with Gasteiger partial charge in [-0.1, -0.05) is 0 Å². The SMILES string of the molecule is Cc1nc(C)c(C(N)=NN)s1. The van der Waals surface area contributed by atoms with E-state index in [-0.39, 0.29) is 0 Å². The van der Waals surface area contributed by atoms with Crippen molar-refractivity contribution in [2.45, 2.75) is 13.8 Å². The Morgan fingerprint density at radius 1 is 1.55 bits per heavy atom. The van der Waals surface area contributed by atoms with Gasteiger partial charge in [-0.25, -0.2) is 4.98 Å². The molecule has 0 aromatic carbocycles. The van der Waals surface area contributed by atoms with Crippen LogP contribution in [0.4, 0.5) is 0 Å². The highest BCUT2D eigenvalue weighted by Crippen LogP contribution is 2.15. The Morgan fingerprint density at radius 3 is 2.55 bits per heavy atom. The van der Waals surface area contributed by atoms with Crippen molar-refractivity contribution in [2.24, 2.45) is 16.7 Å². The molecule has 60 valence electrons. The van der Waals surface area contributed by atoms with Gasteiger partial charge in [0.2, 0.25) is 0 Å². The Kier molecular flexibility index (Phi) is 2.09. The van der Waals surface area contributed by atoms with Crippen LogP contribution in [-0.2, 0) is 0 Å². The van der Waals surface area contributed by atoms with Crippen molar-refractivity contribution < 1.29 is 0 Å². The van der Waals surface area contributed by atoms with Gasteiger partial charge in [0, 0.05) is 0 Å². The van der Waals surface area contributed by atoms with Gasteiger partial charge in [-0.3, -0.25) is 0 Å². The van der Waals surface area contributed by atoms with Crippen LogP contribution in [0.1, 0.15) is 15.6 Å². The maximum atomic E-state index is 5.50. The fraction of sp³-hybridized carbons (Fsp3) is 0.333. The summed E-state index contributed by atoms with van der Waals surface area (Å²) in [6.07, 6.45) is 0. The lowest BCUT2D eigenvalue weighted by molar-refractivity contribution is 1.18. The van der Waals surface area contributed by atoms with E-state index < -0.39 is 0 Å². The predicted molar refractivity (Wildman–Crippen MR) is 46.5 cm³/mol. The maximum Gasteiger partial charge on any atom is 0.162 e. The molecule has 0 aliphatic heterocycles. The minimum Gasteiger partial charge on any atom is -0.381 e. The Bertz CT molecular complexity index is 289. The second-order valence-corrected chi connectivity index (χ2v) is 3.36. The van der Waals surface area contributed by atoms with Crippen molar-refractivity contribution >= 4 is 17.2 Å². The quantitative estimate of drug-likeness (QED) is 0.276. The molecular weight excluding hydrogens is 160 g/mol. The Hall–Kier alpha value is -1.10. The van der Waals surface area contributed by atoms with Crippen LogP contribution in [0, 0.1) is 13.8 Å². The van der Waals surface area contributed by atoms with E-state index in [1.54, 1.807) is 0 Å². The summed E-state index contributed by atoms with van der Waals surface area (Å²) >= 11 is 1.50. The molecule has 0 aliphatic rings. The average molecular weight is 170 g/mol. The summed E-state index contributed by atoms with van der Waals surface area (Å²) in [6, 6.07) is 0. The molecule has 1 aromatic heterocycles. The van der Waals surface area contributed by atoms with E-state index in [1.165, 1.54) is 11.3 Å². The first kappa shape index (κ1) is 8.00. The molecule has 0 amide bonds. The van der Waals surface area contributed by atoms with Crippen molar-refractivity contribution in [3.8, 4) is 0 Å². The first-order valence-electron chi connectivity index (χ1n) is 3.13. The molecule has 0 unspecified atom stereocenters. The molecule has 4 N–H and O–H groups in total. The number of thiazole rings is 1. The van der Waals surface area contributed by atoms with Gasteiger partial charge in [-0.05, 0) is 13.8 Å². The van der Waals surface area contributed by atoms with E-state index in [0.29, 0.717) is 5.84 Å². The van der Waals surface area contributed by atoms with Gasteiger partial charge in [0.15, 0.2) is 5.84 Å². The molecule has 1 rings (SSSR count). The summed E-state index contributed by atoms with van der Waals surface area (Å²) in [7, 11) is 0. The van der Waals surface area contributed by atoms with Gasteiger partial charge in [0.05, 0.1) is 15.6 Å². The Morgan fingerprint density at radius 2 is 2.18 bits per heavy atom. The highest BCUT2D eigenvalue weighted by Gasteiger charge is 2.07. The topological polar surface area (TPSA) is 77.3 Å². The molecule has 0 atom stereocenters. The third-order valence-corrected chi connectivity index (χ3v) is 2.37. The molecule has 0 saturated heterocycles. The number of hydrazone groups is 1. The fourth-order valence-electron chi connectivity index (χ4n) is 0.828. The van der Waals surface area contributed by atoms with Gasteiger partial charge in [0.25, 0.3) is 0 Å². The van der Waals surface area contributed by atoms with E-state index in [4.69, 9.17) is 11.6 Å². The zero-order chi connectivity index (χ0) is 8.43. The van der Waals surface area contributed by atoms with Crippen molar-refractivity contribution in [3.05, 3.63) is 15.6 Å². The maximum absolute atomic E-state index is 5.50. The Balaban J connectivity index is 3.13. The van der Waals surface area contributed by atoms with Crippen LogP contribution in [0.5, 0.6) is 0 Å². The van der Waals surface area contributed by atoms with E-state index in [1.807, 2.05) is 13.8 Å². The number of aryl methyl sites for hydroxylation is 2. The van der Waals surface area contributed by atoms with Gasteiger partial charge < -0.3 is 11.6 Å². The smallest absolute Gasteiger partial charge is 0.162 e. The number of amidine groups is 1. The minimum atomic E-state index is 0.355. The second kappa shape index (κ2) is 2.87. The van der Waals surface area contributed by atoms with Gasteiger partial charge in [-0.2, -0.15) is 5.10 Å². The number of nitrogens with two attached hydrogens (primary N) is 2. The molecule has 0 radical (unpaired) electrons. The van der Waals surface area contributed by atoms with Gasteiger partial charge in [-0.15, -0.1) is 11.3 Å². The molecule has 0 spiro atoms. The van der Waals surface area contributed by atoms with E-state index in [0.717, 1.165) is 15.6 Å². The molecule has 1 aromatic rings. The van der Waals surface area contributed by atoms with E-state index >= 15 is 0 Å². The molecule has 0 bridgehead atoms. The standard InChI is InChI=1S/C6H10N4S/c1-3-5(6(7)10-8)11-4(2)9-3/h8H2,1-2H3,(H2,7,10). The van der Waals surface area contributed by atoms with Crippen LogP contribution in [0.15, 0.2) is 5.10 Å². The average Bonchev–Trinajstić information content (AvgIpc) is 2.28. The monoisotopic (exact) mass is 170 g/mol. The molecule has 0 aliphatic carbocycles. The Labute approximate surface area is 68.9 Å². The number of hydrogen-bond donors (Lipinski definition) is 2. The first-order valence-corrected chi connectivity index (χ1v) is 3.94. The zero-order valence-corrected chi connectivity index (χ0v) is 7.27. The third-order valence-electron chi connectivity index (χ3n) is 1.28. The van der Waals surface area contributed by atoms with Crippen LogP contribution in [-0.4, -0.2) is 10.8 Å². The summed E-state index contributed by atoms with van der Waals surface area (Å²) in [5.74, 6) is 5.38. The minimum absolute atomic E-state index is 0.355. The number of aromatic nitrogens is 1. The highest BCUT2D eigenvalue weighted by atomic mass is 32.1. The first-order chi connectivity index (χ1) is 5.15. The van der Waals surface area contributed by atoms with Gasteiger partial charge in [0.1, 0.15) is 0 Å². The second-order valence-electron chi connectivity index (χ2n) is 2.16. The van der Waals surface area contributed by atoms with Crippen LogP contribution >= 0.6 is 11.3 Å². The number of hydrogen-bond acceptors (Lipinski definition) is 4. The largest absolute Gasteiger partial charge is 0.381 e. The van der Waals surface area contributed by atoms with Crippen molar-refractivity contribution in [3.63, 3.8) is 0 Å². The van der Waals surface area contributed by atoms with E-state index in [9.17, 15) is 0 Å². The molecule has 4 nitrogen and oxygen atoms in total. The summed E-state index contributed by atoms with van der Waals surface area (Å²) in [6.45, 7) is 3.81. The van der Waals surface area contributed by atoms with Crippen LogP contribution in [0.25, 0.3) is 0 Å².